The van der Waals surface area contributed by atoms with Crippen molar-refractivity contribution >= 4 is 12.4 Å². The Bertz CT molecular complexity index is 601. The molecule has 0 rings (SSSR count). The standard InChI is InChI=1S/C41H83N3O4/c1-3-5-7-9-11-13-15-17-19-21-23-27-33-42-47-37-31-25-29-35-44(39-41(46)40-45)36-30-26-32-38-48-43-34-28-24-22-20-18-16-14-12-10-8-6-4-2/h33-34,41,45-46H,3-32,35-40H2,1-2H3/b42-33+,43-34+. The maximum Gasteiger partial charge on any atom is 0.117 e. The van der Waals surface area contributed by atoms with E-state index < -0.39 is 6.10 Å². The number of hydrogen-bond acceptors (Lipinski definition) is 7. The topological polar surface area (TPSA) is 86.9 Å². The zero-order valence-corrected chi connectivity index (χ0v) is 32.2. The molecule has 0 aliphatic heterocycles. The first-order valence-corrected chi connectivity index (χ1v) is 21.0. The quantitative estimate of drug-likeness (QED) is 0.0381. The summed E-state index contributed by atoms with van der Waals surface area (Å²) >= 11 is 0. The van der Waals surface area contributed by atoms with E-state index in [1.54, 1.807) is 0 Å². The van der Waals surface area contributed by atoms with Gasteiger partial charge in [0.15, 0.2) is 0 Å². The van der Waals surface area contributed by atoms with Crippen molar-refractivity contribution in [2.24, 2.45) is 10.3 Å². The average molecular weight is 682 g/mol. The van der Waals surface area contributed by atoms with Gasteiger partial charge in [0.05, 0.1) is 12.7 Å². The van der Waals surface area contributed by atoms with Gasteiger partial charge in [-0.2, -0.15) is 0 Å². The molecule has 48 heavy (non-hydrogen) atoms. The molecule has 0 fully saturated rings. The van der Waals surface area contributed by atoms with Gasteiger partial charge in [-0.1, -0.05) is 153 Å². The van der Waals surface area contributed by atoms with E-state index >= 15 is 0 Å². The van der Waals surface area contributed by atoms with Gasteiger partial charge >= 0.3 is 0 Å². The van der Waals surface area contributed by atoms with Crippen LogP contribution in [0.25, 0.3) is 0 Å². The largest absolute Gasteiger partial charge is 0.396 e. The average Bonchev–Trinajstić information content (AvgIpc) is 3.09. The van der Waals surface area contributed by atoms with Crippen molar-refractivity contribution in [1.29, 1.82) is 0 Å². The fraction of sp³-hybridized carbons (Fsp3) is 0.951. The van der Waals surface area contributed by atoms with Gasteiger partial charge in [0.2, 0.25) is 0 Å². The molecule has 1 atom stereocenters. The third kappa shape index (κ3) is 39.3. The Hall–Kier alpha value is -1.18. The van der Waals surface area contributed by atoms with Crippen molar-refractivity contribution in [3.05, 3.63) is 0 Å². The molecule has 0 spiro atoms. The molecule has 0 heterocycles. The molecule has 0 aliphatic rings. The van der Waals surface area contributed by atoms with Crippen LogP contribution in [0.1, 0.15) is 206 Å². The molecule has 0 saturated heterocycles. The maximum atomic E-state index is 9.98. The normalized spacial score (nSPS) is 12.6. The molecule has 286 valence electrons. The lowest BCUT2D eigenvalue weighted by Crippen LogP contribution is -2.35. The highest BCUT2D eigenvalue weighted by atomic mass is 16.6. The van der Waals surface area contributed by atoms with E-state index in [9.17, 15) is 10.2 Å². The molecule has 0 radical (unpaired) electrons. The van der Waals surface area contributed by atoms with Crippen LogP contribution < -0.4 is 0 Å². The summed E-state index contributed by atoms with van der Waals surface area (Å²) in [4.78, 5) is 13.2. The molecule has 0 aliphatic carbocycles. The van der Waals surface area contributed by atoms with Crippen LogP contribution in [0.5, 0.6) is 0 Å². The third-order valence-electron chi connectivity index (χ3n) is 9.27. The molecule has 7 heteroatoms. The summed E-state index contributed by atoms with van der Waals surface area (Å²) in [6.07, 6.45) is 41.5. The van der Waals surface area contributed by atoms with Crippen LogP contribution >= 0.6 is 0 Å². The van der Waals surface area contributed by atoms with Gasteiger partial charge in [0, 0.05) is 19.0 Å². The summed E-state index contributed by atoms with van der Waals surface area (Å²) in [6, 6.07) is 0. The SMILES string of the molecule is CCCCCCCCCCCCC/C=N/OCCCCCN(CCCCCO/N=C/CCCCCCCCCCCCC)CC(O)CO. The van der Waals surface area contributed by atoms with Gasteiger partial charge in [0.1, 0.15) is 13.2 Å². The minimum atomic E-state index is -0.680. The molecular weight excluding hydrogens is 598 g/mol. The van der Waals surface area contributed by atoms with Gasteiger partial charge in [0.25, 0.3) is 0 Å². The minimum Gasteiger partial charge on any atom is -0.396 e. The van der Waals surface area contributed by atoms with Crippen LogP contribution in [0, 0.1) is 0 Å². The lowest BCUT2D eigenvalue weighted by atomic mass is 10.1. The fourth-order valence-electron chi connectivity index (χ4n) is 6.12. The highest BCUT2D eigenvalue weighted by molar-refractivity contribution is 5.56. The van der Waals surface area contributed by atoms with Crippen LogP contribution in [0.15, 0.2) is 10.3 Å². The van der Waals surface area contributed by atoms with E-state index in [2.05, 4.69) is 29.1 Å². The van der Waals surface area contributed by atoms with Gasteiger partial charge in [-0.05, 0) is 77.3 Å². The van der Waals surface area contributed by atoms with Crippen molar-refractivity contribution < 1.29 is 19.9 Å². The summed E-state index contributed by atoms with van der Waals surface area (Å²) in [5.74, 6) is 0. The highest BCUT2D eigenvalue weighted by Crippen LogP contribution is 2.13. The van der Waals surface area contributed by atoms with Crippen molar-refractivity contribution in [1.82, 2.24) is 4.90 Å². The molecule has 1 unspecified atom stereocenters. The van der Waals surface area contributed by atoms with Crippen molar-refractivity contribution in [2.45, 2.75) is 213 Å². The minimum absolute atomic E-state index is 0.188. The first kappa shape index (κ1) is 46.8. The highest BCUT2D eigenvalue weighted by Gasteiger charge is 2.10. The Morgan fingerprint density at radius 1 is 0.479 bits per heavy atom. The van der Waals surface area contributed by atoms with Gasteiger partial charge in [-0.3, -0.25) is 0 Å². The molecule has 0 bridgehead atoms. The van der Waals surface area contributed by atoms with Gasteiger partial charge < -0.3 is 24.8 Å². The molecule has 0 aromatic carbocycles. The van der Waals surface area contributed by atoms with Crippen molar-refractivity contribution in [3.63, 3.8) is 0 Å². The number of rotatable bonds is 41. The van der Waals surface area contributed by atoms with E-state index in [1.165, 1.54) is 141 Å². The first-order chi connectivity index (χ1) is 23.7. The van der Waals surface area contributed by atoms with Crippen LogP contribution in [0.2, 0.25) is 0 Å². The van der Waals surface area contributed by atoms with Crippen LogP contribution in [-0.2, 0) is 9.68 Å². The molecule has 0 amide bonds. The Morgan fingerprint density at radius 2 is 0.812 bits per heavy atom. The monoisotopic (exact) mass is 682 g/mol. The summed E-state index contributed by atoms with van der Waals surface area (Å²) in [5.41, 5.74) is 0. The van der Waals surface area contributed by atoms with E-state index in [-0.39, 0.29) is 6.61 Å². The number of oxime groups is 2. The molecule has 7 nitrogen and oxygen atoms in total. The summed E-state index contributed by atoms with van der Waals surface area (Å²) in [7, 11) is 0. The molecular formula is C41H83N3O4. The van der Waals surface area contributed by atoms with Gasteiger partial charge in [-0.15, -0.1) is 0 Å². The van der Waals surface area contributed by atoms with Crippen molar-refractivity contribution in [3.8, 4) is 0 Å². The molecule has 0 aromatic heterocycles. The number of nitrogens with zero attached hydrogens (tertiary/aromatic N) is 3. The van der Waals surface area contributed by atoms with E-state index in [0.717, 1.165) is 64.5 Å². The zero-order chi connectivity index (χ0) is 34.9. The molecule has 0 saturated carbocycles. The second-order valence-electron chi connectivity index (χ2n) is 14.1. The Balaban J connectivity index is 3.62. The Labute approximate surface area is 299 Å². The van der Waals surface area contributed by atoms with Gasteiger partial charge in [-0.25, -0.2) is 0 Å². The van der Waals surface area contributed by atoms with Crippen LogP contribution in [0.3, 0.4) is 0 Å². The lowest BCUT2D eigenvalue weighted by Gasteiger charge is -2.24. The predicted octanol–water partition coefficient (Wildman–Crippen LogP) is 11.4. The van der Waals surface area contributed by atoms with E-state index in [4.69, 9.17) is 9.68 Å². The summed E-state index contributed by atoms with van der Waals surface area (Å²) < 4.78 is 0. The Kier molecular flexibility index (Phi) is 41.0. The fourth-order valence-corrected chi connectivity index (χ4v) is 6.12. The zero-order valence-electron chi connectivity index (χ0n) is 32.2. The number of aliphatic hydroxyl groups is 2. The van der Waals surface area contributed by atoms with Crippen molar-refractivity contribution in [2.75, 3.05) is 39.5 Å². The number of aliphatic hydroxyl groups excluding tert-OH is 2. The van der Waals surface area contributed by atoms with Crippen LogP contribution in [0.4, 0.5) is 0 Å². The second kappa shape index (κ2) is 42.0. The molecule has 0 aromatic rings. The first-order valence-electron chi connectivity index (χ1n) is 21.0. The number of unbranched alkanes of at least 4 members (excludes halogenated alkanes) is 26. The Morgan fingerprint density at radius 3 is 1.17 bits per heavy atom. The van der Waals surface area contributed by atoms with Crippen LogP contribution in [-0.4, -0.2) is 73.1 Å². The summed E-state index contributed by atoms with van der Waals surface area (Å²) in [5, 5.41) is 27.6. The van der Waals surface area contributed by atoms with E-state index in [0.29, 0.717) is 19.8 Å². The smallest absolute Gasteiger partial charge is 0.117 e. The van der Waals surface area contributed by atoms with E-state index in [1.807, 2.05) is 12.4 Å². The lowest BCUT2D eigenvalue weighted by molar-refractivity contribution is 0.0572. The number of hydrogen-bond donors (Lipinski definition) is 2. The maximum absolute atomic E-state index is 9.98. The molecule has 2 N–H and O–H groups in total. The predicted molar refractivity (Wildman–Crippen MR) is 208 cm³/mol. The third-order valence-corrected chi connectivity index (χ3v) is 9.27. The second-order valence-corrected chi connectivity index (χ2v) is 14.1. The summed E-state index contributed by atoms with van der Waals surface area (Å²) in [6.45, 7) is 8.08.